The summed E-state index contributed by atoms with van der Waals surface area (Å²) in [6, 6.07) is 53.4. The van der Waals surface area contributed by atoms with E-state index < -0.39 is 15.2 Å². The van der Waals surface area contributed by atoms with Crippen LogP contribution >= 0.6 is 15.2 Å². The van der Waals surface area contributed by atoms with E-state index in [2.05, 4.69) is 152 Å². The Labute approximate surface area is 222 Å². The summed E-state index contributed by atoms with van der Waals surface area (Å²) < 4.78 is 0. The molecule has 0 aliphatic heterocycles. The molecule has 0 saturated carbocycles. The number of rotatable bonds is 6. The molecule has 0 fully saturated rings. The van der Waals surface area contributed by atoms with Crippen molar-refractivity contribution in [3.05, 3.63) is 146 Å². The van der Waals surface area contributed by atoms with Crippen LogP contribution in [0.2, 0.25) is 0 Å². The van der Waals surface area contributed by atoms with E-state index in [0.717, 1.165) is 0 Å². The van der Waals surface area contributed by atoms with Crippen LogP contribution in [0.5, 0.6) is 0 Å². The van der Waals surface area contributed by atoms with Crippen molar-refractivity contribution in [2.75, 3.05) is 6.66 Å². The third kappa shape index (κ3) is 4.89. The average molecular weight is 588 g/mol. The summed E-state index contributed by atoms with van der Waals surface area (Å²) in [4.78, 5) is 0. The number of halogens is 1. The second kappa shape index (κ2) is 11.4. The molecule has 0 atom stereocenters. The van der Waals surface area contributed by atoms with Gasteiger partial charge in [-0.2, -0.15) is 0 Å². The summed E-state index contributed by atoms with van der Waals surface area (Å²) in [6.07, 6.45) is 0. The summed E-state index contributed by atoms with van der Waals surface area (Å²) >= 11 is 0. The van der Waals surface area contributed by atoms with E-state index in [0.29, 0.717) is 0 Å². The van der Waals surface area contributed by atoms with E-state index in [1.807, 2.05) is 0 Å². The van der Waals surface area contributed by atoms with Gasteiger partial charge in [0.15, 0.2) is 0 Å². The van der Waals surface area contributed by atoms with Crippen LogP contribution < -0.4 is 55.8 Å². The SMILES string of the molecule is C[P+](c1ccccc1)(c1ccccc1)c1ccccc1P(c1ccccc1)c1ccccc1.[I-]. The van der Waals surface area contributed by atoms with Crippen LogP contribution in [-0.2, 0) is 0 Å². The lowest BCUT2D eigenvalue weighted by atomic mass is 10.3. The number of hydrogen-bond donors (Lipinski definition) is 0. The quantitative estimate of drug-likeness (QED) is 0.211. The lowest BCUT2D eigenvalue weighted by Gasteiger charge is -2.28. The molecule has 3 heteroatoms. The van der Waals surface area contributed by atoms with Crippen LogP contribution in [0.15, 0.2) is 146 Å². The van der Waals surface area contributed by atoms with Crippen LogP contribution in [0.3, 0.4) is 0 Å². The minimum absolute atomic E-state index is 0. The van der Waals surface area contributed by atoms with Crippen molar-refractivity contribution >= 4 is 47.0 Å². The van der Waals surface area contributed by atoms with Crippen LogP contribution in [0.1, 0.15) is 0 Å². The normalized spacial score (nSPS) is 11.1. The van der Waals surface area contributed by atoms with Gasteiger partial charge >= 0.3 is 0 Å². The fourth-order valence-corrected chi connectivity index (χ4v) is 11.0. The maximum atomic E-state index is 2.49. The van der Waals surface area contributed by atoms with E-state index in [9.17, 15) is 0 Å². The van der Waals surface area contributed by atoms with Gasteiger partial charge in [-0.05, 0) is 54.9 Å². The Bertz CT molecular complexity index is 1230. The van der Waals surface area contributed by atoms with Crippen LogP contribution in [-0.4, -0.2) is 6.66 Å². The van der Waals surface area contributed by atoms with Crippen LogP contribution in [0.25, 0.3) is 0 Å². The van der Waals surface area contributed by atoms with Gasteiger partial charge in [0.25, 0.3) is 0 Å². The van der Waals surface area contributed by atoms with Crippen molar-refractivity contribution in [3.63, 3.8) is 0 Å². The Balaban J connectivity index is 0.00000274. The largest absolute Gasteiger partial charge is 1.00 e. The highest BCUT2D eigenvalue weighted by molar-refractivity contribution is 7.96. The smallest absolute Gasteiger partial charge is 0.112 e. The topological polar surface area (TPSA) is 0 Å². The summed E-state index contributed by atoms with van der Waals surface area (Å²) in [7, 11) is -2.53. The molecule has 0 saturated heterocycles. The van der Waals surface area contributed by atoms with E-state index in [1.54, 1.807) is 0 Å². The molecule has 0 bridgehead atoms. The third-order valence-corrected chi connectivity index (χ3v) is 12.9. The van der Waals surface area contributed by atoms with Crippen molar-refractivity contribution in [3.8, 4) is 0 Å². The molecule has 0 nitrogen and oxygen atoms in total. The molecule has 34 heavy (non-hydrogen) atoms. The predicted molar refractivity (Wildman–Crippen MR) is 150 cm³/mol. The molecular formula is C31H27IP2. The van der Waals surface area contributed by atoms with Gasteiger partial charge < -0.3 is 24.0 Å². The molecule has 0 radical (unpaired) electrons. The van der Waals surface area contributed by atoms with Crippen molar-refractivity contribution in [2.24, 2.45) is 0 Å². The van der Waals surface area contributed by atoms with Crippen molar-refractivity contribution in [1.29, 1.82) is 0 Å². The molecule has 5 aromatic carbocycles. The molecule has 0 heterocycles. The molecule has 0 aliphatic carbocycles. The van der Waals surface area contributed by atoms with Gasteiger partial charge in [-0.3, -0.25) is 0 Å². The fourth-order valence-electron chi connectivity index (χ4n) is 4.49. The zero-order chi connectivity index (χ0) is 22.5. The summed E-state index contributed by atoms with van der Waals surface area (Å²) in [5.74, 6) is 0. The van der Waals surface area contributed by atoms with Gasteiger partial charge in [-0.15, -0.1) is 0 Å². The van der Waals surface area contributed by atoms with Gasteiger partial charge in [0.2, 0.25) is 0 Å². The molecule has 0 spiro atoms. The maximum absolute atomic E-state index is 2.49. The molecule has 0 unspecified atom stereocenters. The Hall–Kier alpha value is -2.31. The Morgan fingerprint density at radius 2 is 0.794 bits per heavy atom. The van der Waals surface area contributed by atoms with E-state index in [1.165, 1.54) is 31.8 Å². The second-order valence-corrected chi connectivity index (χ2v) is 13.9. The molecule has 168 valence electrons. The first-order valence-electron chi connectivity index (χ1n) is 11.3. The second-order valence-electron chi connectivity index (χ2n) is 8.17. The van der Waals surface area contributed by atoms with Gasteiger partial charge in [0, 0.05) is 5.30 Å². The Kier molecular flexibility index (Phi) is 8.32. The summed E-state index contributed by atoms with van der Waals surface area (Å²) in [5.41, 5.74) is 0. The first-order chi connectivity index (χ1) is 16.3. The molecule has 0 amide bonds. The van der Waals surface area contributed by atoms with E-state index >= 15 is 0 Å². The first kappa shape index (κ1) is 24.8. The fraction of sp³-hybridized carbons (Fsp3) is 0.0323. The number of hydrogen-bond acceptors (Lipinski definition) is 0. The molecule has 5 aromatic rings. The Morgan fingerprint density at radius 3 is 1.24 bits per heavy atom. The molecule has 0 aliphatic rings. The third-order valence-electron chi connectivity index (χ3n) is 6.18. The molecule has 0 aromatic heterocycles. The van der Waals surface area contributed by atoms with E-state index in [4.69, 9.17) is 0 Å². The van der Waals surface area contributed by atoms with Gasteiger partial charge in [0.05, 0.1) is 6.66 Å². The molecule has 5 rings (SSSR count). The standard InChI is InChI=1S/C31H27P2.HI/c1-33(28-20-10-4-11-21-28,29-22-12-5-13-23-29)31-25-15-14-24-30(31)32(26-16-6-2-7-17-26)27-18-8-3-9-19-27;/h2-25H,1H3;1H/q+1;/p-1. The summed E-state index contributed by atoms with van der Waals surface area (Å²) in [6.45, 7) is 2.49. The van der Waals surface area contributed by atoms with Gasteiger partial charge in [0.1, 0.15) is 23.2 Å². The van der Waals surface area contributed by atoms with Crippen molar-refractivity contribution in [1.82, 2.24) is 0 Å². The molecular weight excluding hydrogens is 561 g/mol. The lowest BCUT2D eigenvalue weighted by molar-refractivity contribution is -0.00000626. The predicted octanol–water partition coefficient (Wildman–Crippen LogP) is 2.37. The zero-order valence-corrected chi connectivity index (χ0v) is 23.1. The maximum Gasteiger partial charge on any atom is 0.112 e. The average Bonchev–Trinajstić information content (AvgIpc) is 2.91. The Morgan fingerprint density at radius 1 is 0.441 bits per heavy atom. The zero-order valence-electron chi connectivity index (χ0n) is 19.1. The minimum Gasteiger partial charge on any atom is -1.00 e. The summed E-state index contributed by atoms with van der Waals surface area (Å²) in [5, 5.41) is 8.53. The lowest BCUT2D eigenvalue weighted by Crippen LogP contribution is -3.00. The van der Waals surface area contributed by atoms with E-state index in [-0.39, 0.29) is 24.0 Å². The highest BCUT2D eigenvalue weighted by Crippen LogP contribution is 2.52. The van der Waals surface area contributed by atoms with Crippen LogP contribution in [0, 0.1) is 0 Å². The molecule has 0 N–H and O–H groups in total. The van der Waals surface area contributed by atoms with Crippen molar-refractivity contribution in [2.45, 2.75) is 0 Å². The first-order valence-corrected chi connectivity index (χ1v) is 14.8. The van der Waals surface area contributed by atoms with Gasteiger partial charge in [-0.1, -0.05) is 109 Å². The highest BCUT2D eigenvalue weighted by atomic mass is 127. The van der Waals surface area contributed by atoms with Gasteiger partial charge in [-0.25, -0.2) is 0 Å². The number of benzene rings is 5. The van der Waals surface area contributed by atoms with Crippen molar-refractivity contribution < 1.29 is 24.0 Å². The van der Waals surface area contributed by atoms with Crippen LogP contribution in [0.4, 0.5) is 0 Å². The highest BCUT2D eigenvalue weighted by Gasteiger charge is 2.43. The monoisotopic (exact) mass is 588 g/mol. The minimum atomic E-state index is -1.84.